The third-order valence-corrected chi connectivity index (χ3v) is 6.55. The van der Waals surface area contributed by atoms with Gasteiger partial charge in [0.05, 0.1) is 36.2 Å². The van der Waals surface area contributed by atoms with Crippen molar-refractivity contribution in [1.82, 2.24) is 25.5 Å². The molecule has 0 bridgehead atoms. The van der Waals surface area contributed by atoms with E-state index in [0.29, 0.717) is 17.8 Å². The molecule has 0 spiro atoms. The minimum atomic E-state index is -4.73. The maximum absolute atomic E-state index is 14.4. The Morgan fingerprint density at radius 3 is 2.61 bits per heavy atom. The predicted octanol–water partition coefficient (Wildman–Crippen LogP) is 6.62. The first kappa shape index (κ1) is 30.7. The average molecular weight is 617 g/mol. The lowest BCUT2D eigenvalue weighted by atomic mass is 10.0. The number of benzene rings is 2. The zero-order valence-corrected chi connectivity index (χ0v) is 24.2. The lowest BCUT2D eigenvalue weighted by molar-refractivity contribution is -0.137. The van der Waals surface area contributed by atoms with E-state index in [1.807, 2.05) is 6.92 Å². The number of amides is 1. The van der Waals surface area contributed by atoms with Crippen LogP contribution < -0.4 is 10.1 Å². The number of carbonyl (C=O) groups is 1. The van der Waals surface area contributed by atoms with Crippen molar-refractivity contribution in [1.29, 1.82) is 0 Å². The summed E-state index contributed by atoms with van der Waals surface area (Å²) in [4.78, 5) is 20.8. The Bertz CT molecular complexity index is 1710. The van der Waals surface area contributed by atoms with E-state index in [1.54, 1.807) is 20.8 Å². The molecule has 1 aliphatic rings. The van der Waals surface area contributed by atoms with E-state index < -0.39 is 40.9 Å². The first-order valence-corrected chi connectivity index (χ1v) is 13.7. The van der Waals surface area contributed by atoms with Crippen LogP contribution in [0.4, 0.5) is 22.0 Å². The lowest BCUT2D eigenvalue weighted by Gasteiger charge is -2.30. The molecule has 0 aliphatic carbocycles. The Morgan fingerprint density at radius 2 is 1.91 bits per heavy atom. The van der Waals surface area contributed by atoms with Gasteiger partial charge in [-0.1, -0.05) is 18.1 Å². The largest absolute Gasteiger partial charge is 0.494 e. The number of aromatic amines is 1. The molecule has 9 nitrogen and oxygen atoms in total. The third kappa shape index (κ3) is 6.43. The van der Waals surface area contributed by atoms with Gasteiger partial charge in [-0.15, -0.1) is 0 Å². The predicted molar refractivity (Wildman–Crippen MR) is 150 cm³/mol. The molecule has 2 aromatic heterocycles. The van der Waals surface area contributed by atoms with Gasteiger partial charge in [0, 0.05) is 17.2 Å². The second-order valence-corrected chi connectivity index (χ2v) is 11.2. The molecule has 14 heteroatoms. The number of hydrogen-bond donors (Lipinski definition) is 2. The summed E-state index contributed by atoms with van der Waals surface area (Å²) < 4.78 is 81.3. The second kappa shape index (κ2) is 11.7. The molecule has 1 amide bonds. The highest BCUT2D eigenvalue weighted by atomic mass is 19.4. The number of alkyl halides is 3. The van der Waals surface area contributed by atoms with Crippen molar-refractivity contribution in [2.24, 2.45) is 5.10 Å². The molecular weight excluding hydrogens is 587 g/mol. The first-order chi connectivity index (χ1) is 20.7. The van der Waals surface area contributed by atoms with Gasteiger partial charge in [-0.25, -0.2) is 13.8 Å². The number of hydrazone groups is 1. The van der Waals surface area contributed by atoms with Gasteiger partial charge in [0.1, 0.15) is 23.0 Å². The highest BCUT2D eigenvalue weighted by Crippen LogP contribution is 2.40. The topological polar surface area (TPSA) is 109 Å². The molecule has 0 saturated carbocycles. The number of aromatic nitrogens is 3. The molecule has 4 aromatic rings. The lowest BCUT2D eigenvalue weighted by Crippen LogP contribution is -2.47. The van der Waals surface area contributed by atoms with Crippen LogP contribution in [0.1, 0.15) is 62.9 Å². The maximum Gasteiger partial charge on any atom is 0.417 e. The number of nitrogens with one attached hydrogen (secondary N) is 2. The fraction of sp³-hybridized carbons (Fsp3) is 0.333. The number of rotatable bonds is 8. The van der Waals surface area contributed by atoms with Gasteiger partial charge in [0.25, 0.3) is 5.91 Å². The van der Waals surface area contributed by atoms with Gasteiger partial charge in [-0.05, 0) is 57.5 Å². The van der Waals surface area contributed by atoms with Gasteiger partial charge >= 0.3 is 6.18 Å². The summed E-state index contributed by atoms with van der Waals surface area (Å²) in [5.74, 6) is -2.63. The molecule has 1 atom stereocenters. The molecular formula is C30H29F5N6O3. The van der Waals surface area contributed by atoms with Crippen LogP contribution in [0, 0.1) is 11.6 Å². The summed E-state index contributed by atoms with van der Waals surface area (Å²) in [6.45, 7) is 7.33. The average Bonchev–Trinajstić information content (AvgIpc) is 3.59. The smallest absolute Gasteiger partial charge is 0.417 e. The Morgan fingerprint density at radius 1 is 1.14 bits per heavy atom. The highest BCUT2D eigenvalue weighted by molar-refractivity contribution is 5.85. The van der Waals surface area contributed by atoms with Gasteiger partial charge in [-0.3, -0.25) is 9.80 Å². The summed E-state index contributed by atoms with van der Waals surface area (Å²) in [5, 5.41) is 12.4. The summed E-state index contributed by atoms with van der Waals surface area (Å²) in [6, 6.07) is 7.24. The van der Waals surface area contributed by atoms with E-state index in [4.69, 9.17) is 9.26 Å². The zero-order chi connectivity index (χ0) is 31.8. The van der Waals surface area contributed by atoms with Crippen molar-refractivity contribution < 1.29 is 36.0 Å². The Labute approximate surface area is 249 Å². The SMILES string of the molecule is CCCOc1ccc(-c2cc(C(C(=O)NC(C)(C)C)N3Cc4[nH]c(-c5cccc(F)c5F)nc4C=N3)on2)c(C(F)(F)F)c1. The number of carbonyl (C=O) groups excluding carboxylic acids is 1. The zero-order valence-electron chi connectivity index (χ0n) is 24.2. The summed E-state index contributed by atoms with van der Waals surface area (Å²) in [7, 11) is 0. The van der Waals surface area contributed by atoms with Crippen LogP contribution in [-0.4, -0.2) is 44.4 Å². The minimum Gasteiger partial charge on any atom is -0.494 e. The molecule has 3 heterocycles. The number of nitrogens with zero attached hydrogens (tertiary/aromatic N) is 4. The van der Waals surface area contributed by atoms with E-state index in [1.165, 1.54) is 41.6 Å². The molecule has 5 rings (SSSR count). The molecule has 2 N–H and O–H groups in total. The summed E-state index contributed by atoms with van der Waals surface area (Å²) >= 11 is 0. The van der Waals surface area contributed by atoms with Crippen LogP contribution in [0.15, 0.2) is 52.1 Å². The molecule has 232 valence electrons. The quantitative estimate of drug-likeness (QED) is 0.216. The number of halogens is 5. The van der Waals surface area contributed by atoms with Crippen molar-refractivity contribution in [2.75, 3.05) is 6.61 Å². The molecule has 44 heavy (non-hydrogen) atoms. The van der Waals surface area contributed by atoms with Crippen LogP contribution in [0.25, 0.3) is 22.6 Å². The molecule has 0 fully saturated rings. The van der Waals surface area contributed by atoms with Crippen molar-refractivity contribution in [3.8, 4) is 28.4 Å². The van der Waals surface area contributed by atoms with Gasteiger partial charge in [0.2, 0.25) is 0 Å². The van der Waals surface area contributed by atoms with E-state index in [9.17, 15) is 26.7 Å². The van der Waals surface area contributed by atoms with Crippen molar-refractivity contribution >= 4 is 12.1 Å². The van der Waals surface area contributed by atoms with Crippen LogP contribution in [0.5, 0.6) is 5.75 Å². The summed E-state index contributed by atoms with van der Waals surface area (Å²) in [6.07, 6.45) is -2.77. The fourth-order valence-electron chi connectivity index (χ4n) is 4.64. The van der Waals surface area contributed by atoms with E-state index >= 15 is 0 Å². The minimum absolute atomic E-state index is 0.0503. The van der Waals surface area contributed by atoms with Crippen molar-refractivity contribution in [3.63, 3.8) is 0 Å². The van der Waals surface area contributed by atoms with E-state index in [-0.39, 0.29) is 47.3 Å². The molecule has 0 radical (unpaired) electrons. The van der Waals surface area contributed by atoms with E-state index in [2.05, 4.69) is 25.5 Å². The van der Waals surface area contributed by atoms with Crippen molar-refractivity contribution in [2.45, 2.75) is 58.4 Å². The standard InChI is InChI=1S/C30H29F5N6O3/c1-5-11-43-16-9-10-17(19(12-16)30(33,34)35)21-13-24(44-40-21)26(28(42)39-29(2,3)4)41-15-23-22(14-36-41)37-27(38-23)18-7-6-8-20(31)25(18)32/h6-10,12-14,26H,5,11,15H2,1-4H3,(H,37,38)(H,39,42). The molecule has 0 saturated heterocycles. The first-order valence-electron chi connectivity index (χ1n) is 13.7. The molecule has 1 unspecified atom stereocenters. The number of ether oxygens (including phenoxy) is 1. The van der Waals surface area contributed by atoms with Gasteiger partial charge in [-0.2, -0.15) is 18.3 Å². The number of H-pyrrole nitrogens is 1. The second-order valence-electron chi connectivity index (χ2n) is 11.2. The highest BCUT2D eigenvalue weighted by Gasteiger charge is 2.38. The van der Waals surface area contributed by atoms with Crippen molar-refractivity contribution in [3.05, 3.63) is 76.8 Å². The van der Waals surface area contributed by atoms with Crippen LogP contribution in [0.2, 0.25) is 0 Å². The summed E-state index contributed by atoms with van der Waals surface area (Å²) in [5.41, 5.74) is -1.37. The Kier molecular flexibility index (Phi) is 8.19. The third-order valence-electron chi connectivity index (χ3n) is 6.55. The number of fused-ring (bicyclic) bond motifs is 1. The Balaban J connectivity index is 1.50. The molecule has 1 aliphatic heterocycles. The maximum atomic E-state index is 14.4. The van der Waals surface area contributed by atoms with Crippen LogP contribution in [0.3, 0.4) is 0 Å². The molecule has 2 aromatic carbocycles. The van der Waals surface area contributed by atoms with Crippen LogP contribution >= 0.6 is 0 Å². The van der Waals surface area contributed by atoms with E-state index in [0.717, 1.165) is 12.1 Å². The van der Waals surface area contributed by atoms with Gasteiger partial charge < -0.3 is 19.6 Å². The fourth-order valence-corrected chi connectivity index (χ4v) is 4.64. The normalized spacial score (nSPS) is 14.0. The number of imidazole rings is 1. The van der Waals surface area contributed by atoms with Gasteiger partial charge in [0.15, 0.2) is 23.4 Å². The number of hydrogen-bond acceptors (Lipinski definition) is 7. The monoisotopic (exact) mass is 616 g/mol. The Hall–Kier alpha value is -4.75. The van der Waals surface area contributed by atoms with Crippen LogP contribution in [-0.2, 0) is 17.5 Å².